The predicted octanol–water partition coefficient (Wildman–Crippen LogP) is 9.35. The summed E-state index contributed by atoms with van der Waals surface area (Å²) in [5.74, 6) is 0. The monoisotopic (exact) mass is 496 g/mol. The Balaban J connectivity index is 1.62. The Hall–Kier alpha value is -3.93. The number of rotatable bonds is 5. The molecule has 1 nitrogen and oxygen atoms in total. The van der Waals surface area contributed by atoms with Crippen molar-refractivity contribution in [1.29, 1.82) is 0 Å². The van der Waals surface area contributed by atoms with Crippen molar-refractivity contribution in [2.75, 3.05) is 0 Å². The lowest BCUT2D eigenvalue weighted by atomic mass is 9.89. The van der Waals surface area contributed by atoms with E-state index in [2.05, 4.69) is 67.6 Å². The molecule has 0 aliphatic rings. The maximum Gasteiger partial charge on any atom is 0.170 e. The smallest absolute Gasteiger partial charge is 0.170 e. The molecule has 0 aliphatic heterocycles. The first kappa shape index (κ1) is 23.5. The zero-order valence-electron chi connectivity index (χ0n) is 21.4. The van der Waals surface area contributed by atoms with Crippen molar-refractivity contribution in [2.45, 2.75) is 20.8 Å². The molecule has 0 saturated heterocycles. The van der Waals surface area contributed by atoms with Crippen LogP contribution in [-0.2, 0) is 4.57 Å². The molecule has 1 atom stereocenters. The molecule has 37 heavy (non-hydrogen) atoms. The molecule has 180 valence electrons. The highest BCUT2D eigenvalue weighted by Crippen LogP contribution is 2.53. The molecule has 0 bridgehead atoms. The highest BCUT2D eigenvalue weighted by molar-refractivity contribution is 7.82. The highest BCUT2D eigenvalue weighted by atomic mass is 31.2. The van der Waals surface area contributed by atoms with Gasteiger partial charge >= 0.3 is 0 Å². The van der Waals surface area contributed by atoms with Crippen LogP contribution < -0.4 is 10.6 Å². The van der Waals surface area contributed by atoms with Crippen molar-refractivity contribution in [2.24, 2.45) is 0 Å². The quantitative estimate of drug-likeness (QED) is 0.132. The molecule has 6 aromatic carbocycles. The summed E-state index contributed by atoms with van der Waals surface area (Å²) >= 11 is 0. The summed E-state index contributed by atoms with van der Waals surface area (Å²) in [6.45, 7) is 6.13. The summed E-state index contributed by atoms with van der Waals surface area (Å²) in [4.78, 5) is 0. The average Bonchev–Trinajstić information content (AvgIpc) is 2.95. The summed E-state index contributed by atoms with van der Waals surface area (Å²) < 4.78 is 15.0. The molecule has 0 saturated carbocycles. The van der Waals surface area contributed by atoms with E-state index < -0.39 is 7.14 Å². The maximum atomic E-state index is 15.0. The van der Waals surface area contributed by atoms with Crippen LogP contribution in [0.25, 0.3) is 43.4 Å². The van der Waals surface area contributed by atoms with E-state index >= 15 is 0 Å². The molecular weight excluding hydrogens is 467 g/mol. The van der Waals surface area contributed by atoms with Crippen LogP contribution in [0.15, 0.2) is 127 Å². The number of allylic oxidation sites excluding steroid dienone is 4. The minimum atomic E-state index is -3.05. The van der Waals surface area contributed by atoms with Gasteiger partial charge in [0, 0.05) is 15.9 Å². The van der Waals surface area contributed by atoms with Crippen molar-refractivity contribution < 1.29 is 4.57 Å². The number of hydrogen-bond acceptors (Lipinski definition) is 1. The van der Waals surface area contributed by atoms with Gasteiger partial charge in [0.1, 0.15) is 0 Å². The topological polar surface area (TPSA) is 17.1 Å². The van der Waals surface area contributed by atoms with Gasteiger partial charge in [0.25, 0.3) is 0 Å². The lowest BCUT2D eigenvalue weighted by Gasteiger charge is -2.22. The molecule has 2 heteroatoms. The second-order valence-corrected chi connectivity index (χ2v) is 12.4. The molecule has 0 heterocycles. The molecule has 0 aromatic heterocycles. The van der Waals surface area contributed by atoms with Gasteiger partial charge in [-0.05, 0) is 75.8 Å². The third-order valence-electron chi connectivity index (χ3n) is 7.52. The third kappa shape index (κ3) is 3.66. The van der Waals surface area contributed by atoms with E-state index in [0.29, 0.717) is 0 Å². The summed E-state index contributed by atoms with van der Waals surface area (Å²) in [5, 5.41) is 10.2. The minimum absolute atomic E-state index is 0.851. The second-order valence-electron chi connectivity index (χ2n) is 9.63. The second kappa shape index (κ2) is 9.18. The summed E-state index contributed by atoms with van der Waals surface area (Å²) in [7, 11) is -3.05. The van der Waals surface area contributed by atoms with Gasteiger partial charge in [0.2, 0.25) is 0 Å². The minimum Gasteiger partial charge on any atom is -0.309 e. The van der Waals surface area contributed by atoms with E-state index in [1.807, 2.05) is 74.5 Å². The molecule has 0 N–H and O–H groups in total. The molecule has 0 radical (unpaired) electrons. The summed E-state index contributed by atoms with van der Waals surface area (Å²) in [6.07, 6.45) is 5.94. The van der Waals surface area contributed by atoms with Crippen LogP contribution in [0, 0.1) is 6.92 Å². The van der Waals surface area contributed by atoms with E-state index in [9.17, 15) is 4.57 Å². The Kier molecular flexibility index (Phi) is 5.82. The van der Waals surface area contributed by atoms with Crippen LogP contribution >= 0.6 is 7.14 Å². The highest BCUT2D eigenvalue weighted by Gasteiger charge is 2.30. The van der Waals surface area contributed by atoms with E-state index in [0.717, 1.165) is 27.1 Å². The molecule has 0 aliphatic carbocycles. The van der Waals surface area contributed by atoms with Gasteiger partial charge in [-0.2, -0.15) is 0 Å². The Morgan fingerprint density at radius 1 is 0.676 bits per heavy atom. The fourth-order valence-electron chi connectivity index (χ4n) is 5.71. The Morgan fingerprint density at radius 3 is 2.05 bits per heavy atom. The van der Waals surface area contributed by atoms with E-state index in [4.69, 9.17) is 0 Å². The fraction of sp³-hybridized carbons (Fsp3) is 0.0857. The van der Waals surface area contributed by atoms with Gasteiger partial charge < -0.3 is 4.57 Å². The SMILES string of the molecule is CC=CC(=CC)P(=O)(c1ccccc1)c1cccc(-c2ccc3ccc4ccc(C)c5ccc2c3c45)c1. The fourth-order valence-corrected chi connectivity index (χ4v) is 8.53. The molecule has 0 amide bonds. The van der Waals surface area contributed by atoms with Gasteiger partial charge in [0.05, 0.1) is 0 Å². The predicted molar refractivity (Wildman–Crippen MR) is 162 cm³/mol. The largest absolute Gasteiger partial charge is 0.309 e. The van der Waals surface area contributed by atoms with Crippen molar-refractivity contribution in [3.63, 3.8) is 0 Å². The zero-order valence-corrected chi connectivity index (χ0v) is 22.3. The Morgan fingerprint density at radius 2 is 1.32 bits per heavy atom. The molecule has 6 rings (SSSR count). The van der Waals surface area contributed by atoms with Crippen LogP contribution in [0.5, 0.6) is 0 Å². The van der Waals surface area contributed by atoms with E-state index in [-0.39, 0.29) is 0 Å². The first-order chi connectivity index (χ1) is 18.1. The van der Waals surface area contributed by atoms with Gasteiger partial charge in [-0.25, -0.2) is 0 Å². The summed E-state index contributed by atoms with van der Waals surface area (Å²) in [6, 6.07) is 36.0. The number of hydrogen-bond donors (Lipinski definition) is 0. The first-order valence-electron chi connectivity index (χ1n) is 12.8. The normalized spacial score (nSPS) is 14.2. The van der Waals surface area contributed by atoms with Crippen molar-refractivity contribution in [1.82, 2.24) is 0 Å². The number of benzene rings is 6. The summed E-state index contributed by atoms with van der Waals surface area (Å²) in [5.41, 5.74) is 3.54. The Labute approximate surface area is 218 Å². The van der Waals surface area contributed by atoms with E-state index in [1.165, 1.54) is 37.9 Å². The van der Waals surface area contributed by atoms with Crippen LogP contribution in [0.4, 0.5) is 0 Å². The van der Waals surface area contributed by atoms with Crippen LogP contribution in [-0.4, -0.2) is 0 Å². The molecule has 0 spiro atoms. The molecule has 0 fully saturated rings. The lowest BCUT2D eigenvalue weighted by molar-refractivity contribution is 0.591. The first-order valence-corrected chi connectivity index (χ1v) is 14.5. The van der Waals surface area contributed by atoms with E-state index in [1.54, 1.807) is 0 Å². The van der Waals surface area contributed by atoms with Crippen LogP contribution in [0.3, 0.4) is 0 Å². The van der Waals surface area contributed by atoms with Gasteiger partial charge in [-0.15, -0.1) is 0 Å². The number of aryl methyl sites for hydroxylation is 1. The van der Waals surface area contributed by atoms with Crippen molar-refractivity contribution in [3.8, 4) is 11.1 Å². The molecule has 1 unspecified atom stereocenters. The Bertz CT molecular complexity index is 1880. The van der Waals surface area contributed by atoms with Crippen molar-refractivity contribution in [3.05, 3.63) is 132 Å². The maximum absolute atomic E-state index is 15.0. The van der Waals surface area contributed by atoms with Gasteiger partial charge in [-0.1, -0.05) is 115 Å². The van der Waals surface area contributed by atoms with Gasteiger partial charge in [0.15, 0.2) is 7.14 Å². The average molecular weight is 497 g/mol. The molecular formula is C35H29OP. The lowest BCUT2D eigenvalue weighted by Crippen LogP contribution is -2.17. The van der Waals surface area contributed by atoms with Crippen LogP contribution in [0.2, 0.25) is 0 Å². The van der Waals surface area contributed by atoms with Crippen molar-refractivity contribution >= 4 is 50.1 Å². The van der Waals surface area contributed by atoms with Crippen LogP contribution in [0.1, 0.15) is 19.4 Å². The molecule has 6 aromatic rings. The van der Waals surface area contributed by atoms with Gasteiger partial charge in [-0.3, -0.25) is 0 Å². The third-order valence-corrected chi connectivity index (χ3v) is 10.7. The zero-order chi connectivity index (χ0) is 25.6. The standard InChI is InChI=1S/C35H29OP/c1-4-10-28(5-2)37(36,29-12-7-6-8-13-29)30-14-9-11-27(23-30)32-20-19-26-18-17-25-16-15-24(3)31-21-22-33(32)35(26)34(25)31/h4-23H,1-3H3.